The van der Waals surface area contributed by atoms with Gasteiger partial charge < -0.3 is 0 Å². The second-order valence-corrected chi connectivity index (χ2v) is 2.27. The summed E-state index contributed by atoms with van der Waals surface area (Å²) in [5.41, 5.74) is 1.19. The van der Waals surface area contributed by atoms with E-state index in [9.17, 15) is 0 Å². The van der Waals surface area contributed by atoms with Crippen LogP contribution < -0.4 is 0 Å². The molecule has 0 fully saturated rings. The predicted octanol–water partition coefficient (Wildman–Crippen LogP) is 2.42. The van der Waals surface area contributed by atoms with E-state index in [-0.39, 0.29) is 0 Å². The topological polar surface area (TPSA) is 24.7 Å². The van der Waals surface area contributed by atoms with Gasteiger partial charge in [-0.15, -0.1) is 0 Å². The van der Waals surface area contributed by atoms with Crippen molar-refractivity contribution in [2.75, 3.05) is 0 Å². The maximum atomic E-state index is 4.07. The molecule has 0 saturated heterocycles. The zero-order valence-corrected chi connectivity index (χ0v) is 7.05. The average Bonchev–Trinajstić information content (AvgIpc) is 1.85. The molecule has 0 aliphatic rings. The largest absolute Gasteiger partial charge is 0.246 e. The molecule has 0 spiro atoms. The number of nitrogens with zero attached hydrogens (tertiary/aromatic N) is 2. The van der Waals surface area contributed by atoms with Gasteiger partial charge in [-0.2, -0.15) is 0 Å². The summed E-state index contributed by atoms with van der Waals surface area (Å²) in [7, 11) is 0. The smallest absolute Gasteiger partial charge is 0.124 e. The summed E-state index contributed by atoms with van der Waals surface area (Å²) < 4.78 is 0. The van der Waals surface area contributed by atoms with E-state index in [4.69, 9.17) is 0 Å². The summed E-state index contributed by atoms with van der Waals surface area (Å²) in [5.74, 6) is 0.795. The molecule has 0 aromatic heterocycles. The molecule has 0 aromatic carbocycles. The highest BCUT2D eigenvalue weighted by Crippen LogP contribution is 1.89. The minimum Gasteiger partial charge on any atom is -0.246 e. The van der Waals surface area contributed by atoms with Gasteiger partial charge in [0.1, 0.15) is 5.84 Å². The first-order valence-electron chi connectivity index (χ1n) is 3.33. The monoisotopic (exact) mass is 138 g/mol. The fourth-order valence-corrected chi connectivity index (χ4v) is 0.443. The Hall–Kier alpha value is -0.920. The van der Waals surface area contributed by atoms with E-state index in [0.717, 1.165) is 5.84 Å². The Morgan fingerprint density at radius 3 is 2.20 bits per heavy atom. The number of allylic oxidation sites excluding steroid dienone is 1. The second-order valence-electron chi connectivity index (χ2n) is 2.27. The summed E-state index contributed by atoms with van der Waals surface area (Å²) >= 11 is 0. The average molecular weight is 138 g/mol. The Morgan fingerprint density at radius 1 is 1.20 bits per heavy atom. The van der Waals surface area contributed by atoms with Crippen molar-refractivity contribution in [3.8, 4) is 0 Å². The maximum absolute atomic E-state index is 4.07. The normalized spacial score (nSPS) is 12.2. The number of amidine groups is 1. The van der Waals surface area contributed by atoms with Crippen LogP contribution in [0.2, 0.25) is 0 Å². The van der Waals surface area contributed by atoms with Crippen molar-refractivity contribution in [1.29, 1.82) is 0 Å². The van der Waals surface area contributed by atoms with Crippen LogP contribution in [0.5, 0.6) is 0 Å². The SMILES string of the molecule is C/C=N\C(C)=N/C=C(C)C. The van der Waals surface area contributed by atoms with Gasteiger partial charge in [0.25, 0.3) is 0 Å². The molecule has 0 radical (unpaired) electrons. The van der Waals surface area contributed by atoms with Crippen LogP contribution >= 0.6 is 0 Å². The molecule has 10 heavy (non-hydrogen) atoms. The van der Waals surface area contributed by atoms with E-state index in [2.05, 4.69) is 9.98 Å². The fourth-order valence-electron chi connectivity index (χ4n) is 0.443. The van der Waals surface area contributed by atoms with Gasteiger partial charge >= 0.3 is 0 Å². The lowest BCUT2D eigenvalue weighted by Gasteiger charge is -1.86. The summed E-state index contributed by atoms with van der Waals surface area (Å²) in [4.78, 5) is 8.05. The summed E-state index contributed by atoms with van der Waals surface area (Å²) in [6.07, 6.45) is 3.54. The second kappa shape index (κ2) is 4.91. The first-order valence-corrected chi connectivity index (χ1v) is 3.33. The van der Waals surface area contributed by atoms with Crippen LogP contribution in [-0.2, 0) is 0 Å². The zero-order chi connectivity index (χ0) is 7.98. The molecule has 0 bridgehead atoms. The Balaban J connectivity index is 4.05. The van der Waals surface area contributed by atoms with E-state index >= 15 is 0 Å². The van der Waals surface area contributed by atoms with E-state index in [1.165, 1.54) is 5.57 Å². The number of hydrogen-bond acceptors (Lipinski definition) is 1. The molecule has 0 atom stereocenters. The number of aliphatic imine (C=N–C) groups is 2. The highest BCUT2D eigenvalue weighted by molar-refractivity contribution is 5.87. The maximum Gasteiger partial charge on any atom is 0.124 e. The van der Waals surface area contributed by atoms with Crippen LogP contribution in [0.1, 0.15) is 27.7 Å². The first-order chi connectivity index (χ1) is 4.66. The Kier molecular flexibility index (Phi) is 4.46. The molecule has 0 heterocycles. The van der Waals surface area contributed by atoms with Gasteiger partial charge in [-0.25, -0.2) is 9.98 Å². The lowest BCUT2D eigenvalue weighted by atomic mass is 10.4. The quantitative estimate of drug-likeness (QED) is 0.392. The van der Waals surface area contributed by atoms with Crippen molar-refractivity contribution in [1.82, 2.24) is 0 Å². The van der Waals surface area contributed by atoms with Crippen LogP contribution in [0.15, 0.2) is 21.8 Å². The van der Waals surface area contributed by atoms with E-state index in [1.807, 2.05) is 33.9 Å². The molecule has 0 aromatic rings. The zero-order valence-electron chi connectivity index (χ0n) is 7.05. The van der Waals surface area contributed by atoms with Crippen molar-refractivity contribution in [2.45, 2.75) is 27.7 Å². The van der Waals surface area contributed by atoms with Crippen LogP contribution in [0.3, 0.4) is 0 Å². The Morgan fingerprint density at radius 2 is 1.80 bits per heavy atom. The van der Waals surface area contributed by atoms with E-state index in [1.54, 1.807) is 6.21 Å². The third kappa shape index (κ3) is 5.22. The molecule has 2 heteroatoms. The molecule has 0 aliphatic heterocycles. The summed E-state index contributed by atoms with van der Waals surface area (Å²) in [6, 6.07) is 0. The van der Waals surface area contributed by atoms with Crippen molar-refractivity contribution < 1.29 is 0 Å². The third-order valence-corrected chi connectivity index (χ3v) is 0.826. The molecule has 0 N–H and O–H groups in total. The predicted molar refractivity (Wildman–Crippen MR) is 46.7 cm³/mol. The summed E-state index contributed by atoms with van der Waals surface area (Å²) in [6.45, 7) is 7.76. The molecular formula is C8H14N2. The van der Waals surface area contributed by atoms with Crippen LogP contribution in [-0.4, -0.2) is 12.1 Å². The number of hydrogen-bond donors (Lipinski definition) is 0. The van der Waals surface area contributed by atoms with Gasteiger partial charge in [-0.05, 0) is 27.7 Å². The van der Waals surface area contributed by atoms with Gasteiger partial charge in [-0.1, -0.05) is 5.57 Å². The van der Waals surface area contributed by atoms with Gasteiger partial charge in [0, 0.05) is 12.4 Å². The van der Waals surface area contributed by atoms with Gasteiger partial charge in [0.15, 0.2) is 0 Å². The molecule has 0 aliphatic carbocycles. The molecule has 0 unspecified atom stereocenters. The van der Waals surface area contributed by atoms with Crippen LogP contribution in [0.25, 0.3) is 0 Å². The summed E-state index contributed by atoms with van der Waals surface area (Å²) in [5, 5.41) is 0. The lowest BCUT2D eigenvalue weighted by Crippen LogP contribution is -1.82. The van der Waals surface area contributed by atoms with Gasteiger partial charge in [0.2, 0.25) is 0 Å². The Labute approximate surface area is 62.4 Å². The molecule has 2 nitrogen and oxygen atoms in total. The molecule has 0 rings (SSSR count). The third-order valence-electron chi connectivity index (χ3n) is 0.826. The molecule has 0 amide bonds. The van der Waals surface area contributed by atoms with Gasteiger partial charge in [0.05, 0.1) is 0 Å². The molecular weight excluding hydrogens is 124 g/mol. The van der Waals surface area contributed by atoms with Crippen molar-refractivity contribution in [3.05, 3.63) is 11.8 Å². The number of rotatable bonds is 1. The van der Waals surface area contributed by atoms with E-state index in [0.29, 0.717) is 0 Å². The Bertz CT molecular complexity index is 172. The van der Waals surface area contributed by atoms with Crippen LogP contribution in [0, 0.1) is 0 Å². The van der Waals surface area contributed by atoms with Crippen molar-refractivity contribution >= 4 is 12.1 Å². The van der Waals surface area contributed by atoms with Crippen LogP contribution in [0.4, 0.5) is 0 Å². The minimum atomic E-state index is 0.795. The molecule has 0 saturated carbocycles. The first kappa shape index (κ1) is 9.08. The lowest BCUT2D eigenvalue weighted by molar-refractivity contribution is 1.32. The minimum absolute atomic E-state index is 0.795. The highest BCUT2D eigenvalue weighted by Gasteiger charge is 1.78. The van der Waals surface area contributed by atoms with E-state index < -0.39 is 0 Å². The highest BCUT2D eigenvalue weighted by atomic mass is 14.9. The van der Waals surface area contributed by atoms with Crippen molar-refractivity contribution in [2.24, 2.45) is 9.98 Å². The standard InChI is InChI=1S/C8H14N2/c1-5-9-8(4)10-6-7(2)3/h5-6H,1-4H3/b9-5-,10-8-. The molecule has 56 valence electrons. The van der Waals surface area contributed by atoms with Crippen molar-refractivity contribution in [3.63, 3.8) is 0 Å². The fraction of sp³-hybridized carbons (Fsp3) is 0.500. The van der Waals surface area contributed by atoms with Gasteiger partial charge in [-0.3, -0.25) is 0 Å².